The Kier molecular flexibility index (Phi) is 5.73. The van der Waals surface area contributed by atoms with Gasteiger partial charge in [0.05, 0.1) is 11.4 Å². The molecule has 32 heavy (non-hydrogen) atoms. The van der Waals surface area contributed by atoms with Gasteiger partial charge in [-0.25, -0.2) is 4.98 Å². The average molecular weight is 440 g/mol. The fraction of sp³-hybridized carbons (Fsp3) is 0.185. The van der Waals surface area contributed by atoms with Crippen molar-refractivity contribution in [3.05, 3.63) is 95.5 Å². The van der Waals surface area contributed by atoms with E-state index in [0.29, 0.717) is 13.1 Å². The van der Waals surface area contributed by atoms with Gasteiger partial charge in [-0.3, -0.25) is 4.79 Å². The lowest BCUT2D eigenvalue weighted by Crippen LogP contribution is -2.37. The summed E-state index contributed by atoms with van der Waals surface area (Å²) in [6.07, 6.45) is 5.04. The molecular formula is C27H25N3OS. The van der Waals surface area contributed by atoms with Crippen LogP contribution in [0, 0.1) is 6.92 Å². The van der Waals surface area contributed by atoms with Crippen LogP contribution >= 0.6 is 11.3 Å². The van der Waals surface area contributed by atoms with E-state index in [9.17, 15) is 4.79 Å². The predicted octanol–water partition coefficient (Wildman–Crippen LogP) is 5.90. The number of amides is 1. The van der Waals surface area contributed by atoms with Crippen LogP contribution < -0.4 is 0 Å². The monoisotopic (exact) mass is 439 g/mol. The quantitative estimate of drug-likeness (QED) is 0.388. The first kappa shape index (κ1) is 20.5. The Morgan fingerprint density at radius 1 is 1.00 bits per heavy atom. The third kappa shape index (κ3) is 4.30. The Balaban J connectivity index is 1.28. The summed E-state index contributed by atoms with van der Waals surface area (Å²) in [7, 11) is 0. The van der Waals surface area contributed by atoms with E-state index in [0.717, 1.165) is 34.9 Å². The van der Waals surface area contributed by atoms with Crippen LogP contribution in [0.3, 0.4) is 0 Å². The second kappa shape index (κ2) is 8.97. The first-order chi connectivity index (χ1) is 15.7. The summed E-state index contributed by atoms with van der Waals surface area (Å²) in [6.45, 7) is 3.83. The van der Waals surface area contributed by atoms with E-state index in [1.165, 1.54) is 16.7 Å². The number of carbonyl (C=O) groups excluding carboxylic acids is 1. The molecule has 160 valence electrons. The van der Waals surface area contributed by atoms with E-state index >= 15 is 0 Å². The molecule has 0 fully saturated rings. The number of aryl methyl sites for hydroxylation is 1. The SMILES string of the molecule is Cc1ccc(-c2csc(-c3cccn3CC(=O)N3CC=C(c4ccccc4)CC3)n2)cc1. The van der Waals surface area contributed by atoms with Gasteiger partial charge in [-0.15, -0.1) is 11.3 Å². The molecule has 0 radical (unpaired) electrons. The van der Waals surface area contributed by atoms with Crippen molar-refractivity contribution in [3.8, 4) is 22.0 Å². The minimum Gasteiger partial charge on any atom is -0.337 e. The van der Waals surface area contributed by atoms with Crippen molar-refractivity contribution < 1.29 is 4.79 Å². The van der Waals surface area contributed by atoms with E-state index in [1.807, 2.05) is 33.9 Å². The lowest BCUT2D eigenvalue weighted by Gasteiger charge is -2.27. The van der Waals surface area contributed by atoms with Gasteiger partial charge in [0.25, 0.3) is 0 Å². The van der Waals surface area contributed by atoms with Crippen LogP contribution in [0.25, 0.3) is 27.5 Å². The molecule has 0 unspecified atom stereocenters. The Bertz CT molecular complexity index is 1250. The van der Waals surface area contributed by atoms with Gasteiger partial charge in [0.1, 0.15) is 11.6 Å². The maximum absolute atomic E-state index is 13.0. The number of hydrogen-bond acceptors (Lipinski definition) is 3. The Morgan fingerprint density at radius 2 is 1.81 bits per heavy atom. The minimum absolute atomic E-state index is 0.140. The maximum Gasteiger partial charge on any atom is 0.242 e. The minimum atomic E-state index is 0.140. The molecule has 1 aliphatic rings. The zero-order chi connectivity index (χ0) is 21.9. The topological polar surface area (TPSA) is 38.1 Å². The molecule has 2 aromatic heterocycles. The van der Waals surface area contributed by atoms with Crippen LogP contribution in [0.15, 0.2) is 84.4 Å². The van der Waals surface area contributed by atoms with E-state index < -0.39 is 0 Å². The molecule has 0 atom stereocenters. The van der Waals surface area contributed by atoms with Gasteiger partial charge in [0.15, 0.2) is 0 Å². The second-order valence-electron chi connectivity index (χ2n) is 8.11. The molecule has 0 saturated heterocycles. The van der Waals surface area contributed by atoms with Crippen LogP contribution in [0.2, 0.25) is 0 Å². The molecule has 0 bridgehead atoms. The Labute approximate surface area is 192 Å². The highest BCUT2D eigenvalue weighted by Gasteiger charge is 2.19. The standard InChI is InChI=1S/C27H25N3OS/c1-20-9-11-23(12-10-20)24-19-32-27(28-24)25-8-5-15-30(25)18-26(31)29-16-13-22(14-17-29)21-6-3-2-4-7-21/h2-13,15,19H,14,16-18H2,1H3. The molecule has 2 aromatic carbocycles. The van der Waals surface area contributed by atoms with Crippen LogP contribution in [0.1, 0.15) is 17.5 Å². The summed E-state index contributed by atoms with van der Waals surface area (Å²) in [5, 5.41) is 3.02. The fourth-order valence-corrected chi connectivity index (χ4v) is 4.92. The zero-order valence-electron chi connectivity index (χ0n) is 18.1. The maximum atomic E-state index is 13.0. The molecule has 0 spiro atoms. The second-order valence-corrected chi connectivity index (χ2v) is 8.97. The summed E-state index contributed by atoms with van der Waals surface area (Å²) < 4.78 is 2.01. The highest BCUT2D eigenvalue weighted by Crippen LogP contribution is 2.30. The van der Waals surface area contributed by atoms with Gasteiger partial charge in [-0.2, -0.15) is 0 Å². The van der Waals surface area contributed by atoms with E-state index in [-0.39, 0.29) is 5.91 Å². The number of benzene rings is 2. The summed E-state index contributed by atoms with van der Waals surface area (Å²) in [6, 6.07) is 22.8. The van der Waals surface area contributed by atoms with Gasteiger partial charge >= 0.3 is 0 Å². The summed E-state index contributed by atoms with van der Waals surface area (Å²) in [5.41, 5.74) is 6.88. The molecule has 4 nitrogen and oxygen atoms in total. The van der Waals surface area contributed by atoms with Gasteiger partial charge < -0.3 is 9.47 Å². The smallest absolute Gasteiger partial charge is 0.242 e. The number of hydrogen-bond donors (Lipinski definition) is 0. The van der Waals surface area contributed by atoms with E-state index in [2.05, 4.69) is 66.9 Å². The average Bonchev–Trinajstić information content (AvgIpc) is 3.50. The molecule has 5 heteroatoms. The molecular weight excluding hydrogens is 414 g/mol. The molecule has 3 heterocycles. The van der Waals surface area contributed by atoms with E-state index in [1.54, 1.807) is 11.3 Å². The van der Waals surface area contributed by atoms with Crippen molar-refractivity contribution in [2.45, 2.75) is 19.9 Å². The van der Waals surface area contributed by atoms with Gasteiger partial charge in [0, 0.05) is 30.2 Å². The van der Waals surface area contributed by atoms with Crippen LogP contribution in [0.5, 0.6) is 0 Å². The predicted molar refractivity (Wildman–Crippen MR) is 131 cm³/mol. The highest BCUT2D eigenvalue weighted by atomic mass is 32.1. The fourth-order valence-electron chi connectivity index (χ4n) is 4.05. The highest BCUT2D eigenvalue weighted by molar-refractivity contribution is 7.13. The van der Waals surface area contributed by atoms with Crippen molar-refractivity contribution in [2.24, 2.45) is 0 Å². The van der Waals surface area contributed by atoms with Crippen molar-refractivity contribution in [2.75, 3.05) is 13.1 Å². The lowest BCUT2D eigenvalue weighted by molar-refractivity contribution is -0.131. The van der Waals surface area contributed by atoms with E-state index in [4.69, 9.17) is 4.98 Å². The molecule has 4 aromatic rings. The number of thiazole rings is 1. The zero-order valence-corrected chi connectivity index (χ0v) is 18.9. The van der Waals surface area contributed by atoms with Crippen molar-refractivity contribution in [1.29, 1.82) is 0 Å². The van der Waals surface area contributed by atoms with Crippen LogP contribution in [-0.2, 0) is 11.3 Å². The molecule has 1 amide bonds. The van der Waals surface area contributed by atoms with Gasteiger partial charge in [0.2, 0.25) is 5.91 Å². The first-order valence-electron chi connectivity index (χ1n) is 10.9. The van der Waals surface area contributed by atoms with Crippen LogP contribution in [0.4, 0.5) is 0 Å². The van der Waals surface area contributed by atoms with Crippen molar-refractivity contribution in [3.63, 3.8) is 0 Å². The number of carbonyl (C=O) groups is 1. The number of nitrogens with zero attached hydrogens (tertiary/aromatic N) is 3. The van der Waals surface area contributed by atoms with Gasteiger partial charge in [-0.1, -0.05) is 66.2 Å². The number of aromatic nitrogens is 2. The first-order valence-corrected chi connectivity index (χ1v) is 11.8. The molecule has 0 saturated carbocycles. The third-order valence-electron chi connectivity index (χ3n) is 5.91. The summed E-state index contributed by atoms with van der Waals surface area (Å²) in [5.74, 6) is 0.140. The molecule has 0 aliphatic carbocycles. The van der Waals surface area contributed by atoms with Crippen molar-refractivity contribution >= 4 is 22.8 Å². The van der Waals surface area contributed by atoms with Crippen LogP contribution in [-0.4, -0.2) is 33.4 Å². The van der Waals surface area contributed by atoms with Gasteiger partial charge in [-0.05, 0) is 36.6 Å². The summed E-state index contributed by atoms with van der Waals surface area (Å²) in [4.78, 5) is 19.8. The molecule has 1 aliphatic heterocycles. The molecule has 0 N–H and O–H groups in total. The molecule has 5 rings (SSSR count). The number of rotatable bonds is 5. The normalized spacial score (nSPS) is 13.8. The Morgan fingerprint density at radius 3 is 2.56 bits per heavy atom. The largest absolute Gasteiger partial charge is 0.337 e. The Hall–Kier alpha value is -3.44. The van der Waals surface area contributed by atoms with Crippen molar-refractivity contribution in [1.82, 2.24) is 14.5 Å². The third-order valence-corrected chi connectivity index (χ3v) is 6.78. The summed E-state index contributed by atoms with van der Waals surface area (Å²) >= 11 is 1.61. The lowest BCUT2D eigenvalue weighted by atomic mass is 9.99.